The van der Waals surface area contributed by atoms with E-state index in [1.54, 1.807) is 19.2 Å². The first kappa shape index (κ1) is 18.3. The molecule has 0 bridgehead atoms. The highest BCUT2D eigenvalue weighted by Gasteiger charge is 2.31. The third-order valence-electron chi connectivity index (χ3n) is 4.18. The fourth-order valence-corrected chi connectivity index (χ4v) is 2.62. The van der Waals surface area contributed by atoms with Crippen molar-refractivity contribution < 1.29 is 24.2 Å². The molecule has 3 rings (SSSR count). The van der Waals surface area contributed by atoms with Gasteiger partial charge in [0.1, 0.15) is 17.2 Å². The molecule has 2 aromatic rings. The van der Waals surface area contributed by atoms with Gasteiger partial charge in [-0.1, -0.05) is 12.1 Å². The number of hydrogen-bond donors (Lipinski definition) is 2. The van der Waals surface area contributed by atoms with E-state index in [2.05, 4.69) is 5.32 Å². The third-order valence-corrected chi connectivity index (χ3v) is 4.18. The van der Waals surface area contributed by atoms with E-state index >= 15 is 0 Å². The van der Waals surface area contributed by atoms with E-state index < -0.39 is 17.6 Å². The van der Waals surface area contributed by atoms with Gasteiger partial charge in [0, 0.05) is 13.6 Å². The van der Waals surface area contributed by atoms with Gasteiger partial charge >= 0.3 is 0 Å². The summed E-state index contributed by atoms with van der Waals surface area (Å²) in [6, 6.07) is 14.5. The fourth-order valence-electron chi connectivity index (χ4n) is 2.62. The Balaban J connectivity index is 1.56. The zero-order chi connectivity index (χ0) is 19.4. The zero-order valence-electron chi connectivity index (χ0n) is 15.1. The number of hydrogen-bond acceptors (Lipinski definition) is 5. The van der Waals surface area contributed by atoms with Crippen LogP contribution in [0.25, 0.3) is 0 Å². The van der Waals surface area contributed by atoms with Crippen molar-refractivity contribution >= 4 is 11.8 Å². The first-order valence-corrected chi connectivity index (χ1v) is 8.34. The number of aliphatic hydroxyl groups excluding tert-OH is 1. The van der Waals surface area contributed by atoms with Crippen LogP contribution in [-0.4, -0.2) is 42.5 Å². The molecule has 0 saturated heterocycles. The van der Waals surface area contributed by atoms with Crippen LogP contribution in [0, 0.1) is 0 Å². The van der Waals surface area contributed by atoms with Crippen LogP contribution < -0.4 is 14.8 Å². The maximum absolute atomic E-state index is 12.1. The molecule has 0 radical (unpaired) electrons. The summed E-state index contributed by atoms with van der Waals surface area (Å²) < 4.78 is 10.9. The number of ether oxygens (including phenoxy) is 2. The standard InChI is InChI=1S/C20H20N2O5/c1-22-12-17(18(23)20(22)25)19(24)21-11-13-3-5-15(6-4-13)27-16-9-7-14(26-2)8-10-16/h3-10,23H,11-12H2,1-2H3,(H,21,24). The molecule has 7 heteroatoms. The van der Waals surface area contributed by atoms with Crippen molar-refractivity contribution in [2.45, 2.75) is 6.54 Å². The summed E-state index contributed by atoms with van der Waals surface area (Å²) in [6.07, 6.45) is 0. The van der Waals surface area contributed by atoms with Gasteiger partial charge in [-0.15, -0.1) is 0 Å². The molecular formula is C20H20N2O5. The lowest BCUT2D eigenvalue weighted by Crippen LogP contribution is -2.27. The van der Waals surface area contributed by atoms with Crippen molar-refractivity contribution in [2.24, 2.45) is 0 Å². The second-order valence-corrected chi connectivity index (χ2v) is 6.09. The molecule has 1 aliphatic rings. The minimum Gasteiger partial charge on any atom is -0.503 e. The minimum atomic E-state index is -0.541. The number of methoxy groups -OCH3 is 1. The molecule has 7 nitrogen and oxygen atoms in total. The number of rotatable bonds is 6. The lowest BCUT2D eigenvalue weighted by molar-refractivity contribution is -0.126. The van der Waals surface area contributed by atoms with E-state index in [4.69, 9.17) is 9.47 Å². The van der Waals surface area contributed by atoms with Crippen LogP contribution in [0.3, 0.4) is 0 Å². The minimum absolute atomic E-state index is 0.0851. The summed E-state index contributed by atoms with van der Waals surface area (Å²) in [4.78, 5) is 25.0. The Hall–Kier alpha value is -3.48. The topological polar surface area (TPSA) is 88.1 Å². The highest BCUT2D eigenvalue weighted by atomic mass is 16.5. The number of carbonyl (C=O) groups excluding carboxylic acids is 2. The van der Waals surface area contributed by atoms with E-state index in [1.165, 1.54) is 11.9 Å². The lowest BCUT2D eigenvalue weighted by Gasteiger charge is -2.09. The Kier molecular flexibility index (Phi) is 5.30. The van der Waals surface area contributed by atoms with Crippen LogP contribution >= 0.6 is 0 Å². The van der Waals surface area contributed by atoms with E-state index in [1.807, 2.05) is 36.4 Å². The normalized spacial score (nSPS) is 13.7. The van der Waals surface area contributed by atoms with Crippen molar-refractivity contribution in [3.8, 4) is 17.2 Å². The summed E-state index contributed by atoms with van der Waals surface area (Å²) in [6.45, 7) is 0.376. The predicted molar refractivity (Wildman–Crippen MR) is 98.6 cm³/mol. The van der Waals surface area contributed by atoms with E-state index in [0.29, 0.717) is 11.5 Å². The molecule has 2 N–H and O–H groups in total. The van der Waals surface area contributed by atoms with E-state index in [9.17, 15) is 14.7 Å². The molecule has 1 heterocycles. The Bertz CT molecular complexity index is 872. The van der Waals surface area contributed by atoms with Gasteiger partial charge in [0.25, 0.3) is 11.8 Å². The average Bonchev–Trinajstić information content (AvgIpc) is 2.95. The maximum atomic E-state index is 12.1. The van der Waals surface area contributed by atoms with Gasteiger partial charge in [0.05, 0.1) is 19.2 Å². The van der Waals surface area contributed by atoms with Crippen molar-refractivity contribution in [3.05, 3.63) is 65.4 Å². The molecule has 2 amide bonds. The van der Waals surface area contributed by atoms with Crippen molar-refractivity contribution in [2.75, 3.05) is 20.7 Å². The van der Waals surface area contributed by atoms with Gasteiger partial charge in [-0.05, 0) is 42.0 Å². The monoisotopic (exact) mass is 368 g/mol. The quantitative estimate of drug-likeness (QED) is 0.817. The van der Waals surface area contributed by atoms with Crippen LogP contribution in [0.1, 0.15) is 5.56 Å². The Morgan fingerprint density at radius 3 is 2.15 bits per heavy atom. The van der Waals surface area contributed by atoms with Crippen LogP contribution in [0.4, 0.5) is 0 Å². The number of nitrogens with one attached hydrogen (secondary N) is 1. The number of aliphatic hydroxyl groups is 1. The first-order chi connectivity index (χ1) is 13.0. The molecule has 0 unspecified atom stereocenters. The number of amides is 2. The van der Waals surface area contributed by atoms with Crippen molar-refractivity contribution in [1.29, 1.82) is 0 Å². The number of carbonyl (C=O) groups is 2. The molecule has 0 spiro atoms. The molecule has 0 fully saturated rings. The summed E-state index contributed by atoms with van der Waals surface area (Å²) in [5.41, 5.74) is 0.949. The zero-order valence-corrected chi connectivity index (χ0v) is 15.1. The highest BCUT2D eigenvalue weighted by Crippen LogP contribution is 2.24. The second-order valence-electron chi connectivity index (χ2n) is 6.09. The molecule has 27 heavy (non-hydrogen) atoms. The van der Waals surface area contributed by atoms with Crippen LogP contribution in [-0.2, 0) is 16.1 Å². The average molecular weight is 368 g/mol. The number of benzene rings is 2. The van der Waals surface area contributed by atoms with E-state index in [0.717, 1.165) is 11.3 Å². The van der Waals surface area contributed by atoms with E-state index in [-0.39, 0.29) is 18.7 Å². The SMILES string of the molecule is COc1ccc(Oc2ccc(CNC(=O)C3=C(O)C(=O)N(C)C3)cc2)cc1. The van der Waals surface area contributed by atoms with Crippen molar-refractivity contribution in [1.82, 2.24) is 10.2 Å². The number of likely N-dealkylation sites (N-methyl/N-ethyl adjacent to an activating group) is 1. The van der Waals surface area contributed by atoms with Gasteiger partial charge in [-0.2, -0.15) is 0 Å². The summed E-state index contributed by atoms with van der Waals surface area (Å²) in [7, 11) is 3.13. The predicted octanol–water partition coefficient (Wildman–Crippen LogP) is 2.39. The van der Waals surface area contributed by atoms with Gasteiger partial charge in [-0.25, -0.2) is 0 Å². The largest absolute Gasteiger partial charge is 0.503 e. The molecule has 1 aliphatic heterocycles. The molecule has 0 atom stereocenters. The van der Waals surface area contributed by atoms with Crippen LogP contribution in [0.5, 0.6) is 17.2 Å². The molecule has 0 saturated carbocycles. The number of nitrogens with zero attached hydrogens (tertiary/aromatic N) is 1. The smallest absolute Gasteiger partial charge is 0.289 e. The molecular weight excluding hydrogens is 348 g/mol. The Morgan fingerprint density at radius 2 is 1.63 bits per heavy atom. The van der Waals surface area contributed by atoms with Crippen molar-refractivity contribution in [3.63, 3.8) is 0 Å². The summed E-state index contributed by atoms with van der Waals surface area (Å²) in [5, 5.41) is 12.4. The van der Waals surface area contributed by atoms with Gasteiger partial charge in [0.2, 0.25) is 0 Å². The summed E-state index contributed by atoms with van der Waals surface area (Å²) >= 11 is 0. The summed E-state index contributed by atoms with van der Waals surface area (Å²) in [5.74, 6) is 0.625. The lowest BCUT2D eigenvalue weighted by atomic mass is 10.2. The first-order valence-electron chi connectivity index (χ1n) is 8.34. The van der Waals surface area contributed by atoms with Crippen LogP contribution in [0.15, 0.2) is 59.9 Å². The molecule has 0 aromatic heterocycles. The van der Waals surface area contributed by atoms with Crippen LogP contribution in [0.2, 0.25) is 0 Å². The Labute approximate surface area is 156 Å². The van der Waals surface area contributed by atoms with Gasteiger partial charge in [0.15, 0.2) is 5.76 Å². The fraction of sp³-hybridized carbons (Fsp3) is 0.200. The molecule has 140 valence electrons. The third kappa shape index (κ3) is 4.20. The van der Waals surface area contributed by atoms with Gasteiger partial charge in [-0.3, -0.25) is 9.59 Å². The highest BCUT2D eigenvalue weighted by molar-refractivity contribution is 6.06. The second kappa shape index (κ2) is 7.82. The Morgan fingerprint density at radius 1 is 1.07 bits per heavy atom. The molecule has 2 aromatic carbocycles. The molecule has 0 aliphatic carbocycles. The maximum Gasteiger partial charge on any atom is 0.289 e. The van der Waals surface area contributed by atoms with Gasteiger partial charge < -0.3 is 24.8 Å².